The highest BCUT2D eigenvalue weighted by Gasteiger charge is 2.19. The molecule has 0 unspecified atom stereocenters. The summed E-state index contributed by atoms with van der Waals surface area (Å²) in [6.07, 6.45) is 2.99. The lowest BCUT2D eigenvalue weighted by Gasteiger charge is -2.05. The fourth-order valence-electron chi connectivity index (χ4n) is 3.06. The Morgan fingerprint density at radius 2 is 1.93 bits per heavy atom. The highest BCUT2D eigenvalue weighted by atomic mass is 16.5. The molecule has 0 amide bonds. The molecule has 28 heavy (non-hydrogen) atoms. The third kappa shape index (κ3) is 4.28. The van der Waals surface area contributed by atoms with Gasteiger partial charge in [0, 0.05) is 29.1 Å². The number of benzene rings is 1. The van der Waals surface area contributed by atoms with Crippen molar-refractivity contribution in [3.8, 4) is 5.82 Å². The monoisotopic (exact) mass is 378 g/mol. The quantitative estimate of drug-likeness (QED) is 0.366. The molecule has 144 valence electrons. The van der Waals surface area contributed by atoms with Gasteiger partial charge in [0.1, 0.15) is 5.76 Å². The molecule has 6 nitrogen and oxygen atoms in total. The summed E-state index contributed by atoms with van der Waals surface area (Å²) < 4.78 is 12.1. The lowest BCUT2D eigenvalue weighted by Crippen LogP contribution is -2.13. The standard InChI is InChI=1S/C22H22N2O4/c1-14-6-5-7-18(10-14)8-9-22(26)27-13-20(25)19-11-15(2)24(17(19)4)21-12-16(3)28-23-21/h5-12H,13H2,1-4H3/b9-8+. The van der Waals surface area contributed by atoms with Crippen LogP contribution in [0.3, 0.4) is 0 Å². The van der Waals surface area contributed by atoms with Gasteiger partial charge in [0.2, 0.25) is 5.78 Å². The largest absolute Gasteiger partial charge is 0.454 e. The first kappa shape index (κ1) is 19.4. The molecular formula is C22H22N2O4. The minimum atomic E-state index is -0.559. The van der Waals surface area contributed by atoms with Crippen LogP contribution in [0, 0.1) is 27.7 Å². The van der Waals surface area contributed by atoms with Gasteiger partial charge in [-0.25, -0.2) is 4.79 Å². The van der Waals surface area contributed by atoms with Gasteiger partial charge in [-0.3, -0.25) is 9.36 Å². The van der Waals surface area contributed by atoms with Crippen molar-refractivity contribution >= 4 is 17.8 Å². The maximum Gasteiger partial charge on any atom is 0.331 e. The molecule has 3 rings (SSSR count). The second-order valence-electron chi connectivity index (χ2n) is 6.69. The van der Waals surface area contributed by atoms with Crippen LogP contribution in [0.25, 0.3) is 11.9 Å². The second-order valence-corrected chi connectivity index (χ2v) is 6.69. The predicted molar refractivity (Wildman–Crippen MR) is 106 cm³/mol. The molecule has 0 N–H and O–H groups in total. The highest BCUT2D eigenvalue weighted by molar-refractivity contribution is 6.00. The number of rotatable bonds is 6. The number of carbonyl (C=O) groups is 2. The Morgan fingerprint density at radius 1 is 1.14 bits per heavy atom. The Morgan fingerprint density at radius 3 is 2.61 bits per heavy atom. The number of hydrogen-bond acceptors (Lipinski definition) is 5. The Hall–Kier alpha value is -3.41. The summed E-state index contributed by atoms with van der Waals surface area (Å²) in [7, 11) is 0. The molecule has 3 aromatic rings. The summed E-state index contributed by atoms with van der Waals surface area (Å²) >= 11 is 0. The molecule has 0 aliphatic heterocycles. The summed E-state index contributed by atoms with van der Waals surface area (Å²) in [6, 6.07) is 11.3. The number of Topliss-reactive ketones (excluding diaryl/α,β-unsaturated/α-hetero) is 1. The predicted octanol–water partition coefficient (Wildman–Crippen LogP) is 4.14. The zero-order chi connectivity index (χ0) is 20.3. The zero-order valence-electron chi connectivity index (χ0n) is 16.4. The van der Waals surface area contributed by atoms with E-state index in [1.165, 1.54) is 6.08 Å². The third-order valence-corrected chi connectivity index (χ3v) is 4.38. The van der Waals surface area contributed by atoms with E-state index >= 15 is 0 Å². The number of aromatic nitrogens is 2. The molecule has 0 radical (unpaired) electrons. The van der Waals surface area contributed by atoms with Gasteiger partial charge in [-0.15, -0.1) is 0 Å². The van der Waals surface area contributed by atoms with Gasteiger partial charge in [-0.1, -0.05) is 35.0 Å². The maximum absolute atomic E-state index is 12.5. The number of aryl methyl sites for hydroxylation is 3. The van der Waals surface area contributed by atoms with Crippen LogP contribution in [0.2, 0.25) is 0 Å². The van der Waals surface area contributed by atoms with Crippen molar-refractivity contribution in [2.45, 2.75) is 27.7 Å². The smallest absolute Gasteiger partial charge is 0.331 e. The number of carbonyl (C=O) groups excluding carboxylic acids is 2. The van der Waals surface area contributed by atoms with E-state index in [1.54, 1.807) is 25.1 Å². The average molecular weight is 378 g/mol. The van der Waals surface area contributed by atoms with Gasteiger partial charge >= 0.3 is 5.97 Å². The fourth-order valence-corrected chi connectivity index (χ4v) is 3.06. The first-order valence-electron chi connectivity index (χ1n) is 8.92. The van der Waals surface area contributed by atoms with Crippen LogP contribution in [-0.2, 0) is 9.53 Å². The van der Waals surface area contributed by atoms with Crippen molar-refractivity contribution in [1.29, 1.82) is 0 Å². The van der Waals surface area contributed by atoms with Crippen LogP contribution < -0.4 is 0 Å². The Kier molecular flexibility index (Phi) is 5.59. The summed E-state index contributed by atoms with van der Waals surface area (Å²) in [4.78, 5) is 24.5. The van der Waals surface area contributed by atoms with E-state index in [4.69, 9.17) is 9.26 Å². The highest BCUT2D eigenvalue weighted by Crippen LogP contribution is 2.21. The third-order valence-electron chi connectivity index (χ3n) is 4.38. The van der Waals surface area contributed by atoms with Gasteiger partial charge in [0.25, 0.3) is 0 Å². The first-order chi connectivity index (χ1) is 13.3. The molecule has 0 saturated carbocycles. The molecule has 0 aliphatic carbocycles. The van der Waals surface area contributed by atoms with Gasteiger partial charge < -0.3 is 9.26 Å². The van der Waals surface area contributed by atoms with E-state index in [2.05, 4.69) is 5.16 Å². The van der Waals surface area contributed by atoms with Crippen molar-refractivity contribution in [3.05, 3.63) is 76.3 Å². The van der Waals surface area contributed by atoms with Crippen LogP contribution in [0.15, 0.2) is 47.0 Å². The molecule has 0 saturated heterocycles. The van der Waals surface area contributed by atoms with Crippen molar-refractivity contribution < 1.29 is 18.8 Å². The fraction of sp³-hybridized carbons (Fsp3) is 0.227. The molecule has 2 heterocycles. The van der Waals surface area contributed by atoms with Gasteiger partial charge in [-0.2, -0.15) is 0 Å². The number of hydrogen-bond donors (Lipinski definition) is 0. The average Bonchev–Trinajstić information content (AvgIpc) is 3.20. The van der Waals surface area contributed by atoms with E-state index in [9.17, 15) is 9.59 Å². The number of nitrogens with zero attached hydrogens (tertiary/aromatic N) is 2. The Balaban J connectivity index is 1.66. The Bertz CT molecular complexity index is 1060. The molecule has 0 fully saturated rings. The number of esters is 1. The van der Waals surface area contributed by atoms with Crippen molar-refractivity contribution in [2.24, 2.45) is 0 Å². The number of ether oxygens (including phenoxy) is 1. The van der Waals surface area contributed by atoms with Crippen molar-refractivity contribution in [1.82, 2.24) is 9.72 Å². The SMILES string of the molecule is Cc1cccc(/C=C/C(=O)OCC(=O)c2cc(C)n(-c3cc(C)on3)c2C)c1. The lowest BCUT2D eigenvalue weighted by molar-refractivity contribution is -0.136. The summed E-state index contributed by atoms with van der Waals surface area (Å²) in [6.45, 7) is 7.17. The lowest BCUT2D eigenvalue weighted by atomic mass is 10.1. The first-order valence-corrected chi connectivity index (χ1v) is 8.92. The molecule has 1 aromatic carbocycles. The van der Waals surface area contributed by atoms with Crippen LogP contribution in [0.4, 0.5) is 0 Å². The molecule has 0 atom stereocenters. The van der Waals surface area contributed by atoms with E-state index < -0.39 is 5.97 Å². The van der Waals surface area contributed by atoms with Crippen LogP contribution in [-0.4, -0.2) is 28.1 Å². The van der Waals surface area contributed by atoms with Gasteiger partial charge in [0.05, 0.1) is 0 Å². The van der Waals surface area contributed by atoms with Crippen molar-refractivity contribution in [2.75, 3.05) is 6.61 Å². The van der Waals surface area contributed by atoms with Gasteiger partial charge in [-0.05, 0) is 45.4 Å². The van der Waals surface area contributed by atoms with Crippen molar-refractivity contribution in [3.63, 3.8) is 0 Å². The summed E-state index contributed by atoms with van der Waals surface area (Å²) in [5.74, 6) is 0.474. The van der Waals surface area contributed by atoms with Crippen LogP contribution >= 0.6 is 0 Å². The summed E-state index contributed by atoms with van der Waals surface area (Å²) in [5, 5.41) is 4.00. The Labute approximate surface area is 163 Å². The molecule has 6 heteroatoms. The van der Waals surface area contributed by atoms with Crippen LogP contribution in [0.5, 0.6) is 0 Å². The molecule has 2 aromatic heterocycles. The topological polar surface area (TPSA) is 74.3 Å². The van der Waals surface area contributed by atoms with Gasteiger partial charge in [0.15, 0.2) is 12.4 Å². The number of ketones is 1. The normalized spacial score (nSPS) is 11.1. The molecular weight excluding hydrogens is 356 g/mol. The molecule has 0 spiro atoms. The zero-order valence-corrected chi connectivity index (χ0v) is 16.4. The van der Waals surface area contributed by atoms with E-state index in [0.717, 1.165) is 22.5 Å². The minimum Gasteiger partial charge on any atom is -0.454 e. The molecule has 0 aliphatic rings. The maximum atomic E-state index is 12.5. The van der Waals surface area contributed by atoms with E-state index in [0.29, 0.717) is 17.1 Å². The van der Waals surface area contributed by atoms with Crippen LogP contribution in [0.1, 0.15) is 38.6 Å². The van der Waals surface area contributed by atoms with E-state index in [1.807, 2.05) is 49.6 Å². The molecule has 0 bridgehead atoms. The van der Waals surface area contributed by atoms with E-state index in [-0.39, 0.29) is 12.4 Å². The summed E-state index contributed by atoms with van der Waals surface area (Å²) in [5.41, 5.74) is 4.06. The minimum absolute atomic E-state index is 0.267. The second kappa shape index (κ2) is 8.08.